The molecule has 1 aliphatic rings. The van der Waals surface area contributed by atoms with Gasteiger partial charge in [0.25, 0.3) is 5.56 Å². The van der Waals surface area contributed by atoms with E-state index in [0.29, 0.717) is 41.1 Å². The van der Waals surface area contributed by atoms with Crippen LogP contribution in [0.25, 0.3) is 11.2 Å². The molecule has 28 heavy (non-hydrogen) atoms. The normalized spacial score (nSPS) is 16.6. The van der Waals surface area contributed by atoms with Gasteiger partial charge in [-0.05, 0) is 30.5 Å². The number of rotatable bonds is 4. The van der Waals surface area contributed by atoms with Crippen LogP contribution in [0.15, 0.2) is 33.9 Å². The fraction of sp³-hybridized carbons (Fsp3) is 0.450. The van der Waals surface area contributed by atoms with Crippen molar-refractivity contribution in [3.05, 3.63) is 50.1 Å². The molecule has 1 unspecified atom stereocenters. The van der Waals surface area contributed by atoms with Crippen LogP contribution in [0, 0.1) is 5.92 Å². The van der Waals surface area contributed by atoms with Gasteiger partial charge in [0.2, 0.25) is 5.95 Å². The van der Waals surface area contributed by atoms with Crippen LogP contribution in [0.1, 0.15) is 26.7 Å². The maximum absolute atomic E-state index is 13.2. The van der Waals surface area contributed by atoms with Gasteiger partial charge in [0.1, 0.15) is 0 Å². The van der Waals surface area contributed by atoms with Crippen molar-refractivity contribution in [1.82, 2.24) is 18.7 Å². The minimum Gasteiger partial charge on any atom is -0.312 e. The third-order valence-corrected chi connectivity index (χ3v) is 5.53. The Hall–Kier alpha value is -2.54. The van der Waals surface area contributed by atoms with Crippen molar-refractivity contribution in [3.8, 4) is 0 Å². The monoisotopic (exact) mass is 401 g/mol. The lowest BCUT2D eigenvalue weighted by Gasteiger charge is -2.33. The number of hydrogen-bond acceptors (Lipinski definition) is 4. The Kier molecular flexibility index (Phi) is 4.79. The second kappa shape index (κ2) is 7.13. The Morgan fingerprint density at radius 1 is 1.25 bits per heavy atom. The summed E-state index contributed by atoms with van der Waals surface area (Å²) in [7, 11) is 1.68. The highest BCUT2D eigenvalue weighted by Gasteiger charge is 2.29. The molecule has 3 aromatic rings. The molecule has 0 fully saturated rings. The minimum absolute atomic E-state index is 0.259. The molecule has 7 nitrogen and oxygen atoms in total. The Balaban J connectivity index is 1.98. The number of imidazole rings is 1. The van der Waals surface area contributed by atoms with Gasteiger partial charge in [0.15, 0.2) is 11.2 Å². The molecule has 148 valence electrons. The summed E-state index contributed by atoms with van der Waals surface area (Å²) in [6.45, 7) is 6.06. The molecule has 3 heterocycles. The van der Waals surface area contributed by atoms with Gasteiger partial charge < -0.3 is 9.47 Å². The van der Waals surface area contributed by atoms with Crippen molar-refractivity contribution in [2.75, 3.05) is 11.4 Å². The predicted octanol–water partition coefficient (Wildman–Crippen LogP) is 3.14. The van der Waals surface area contributed by atoms with Gasteiger partial charge in [-0.25, -0.2) is 4.79 Å². The minimum atomic E-state index is -0.316. The van der Waals surface area contributed by atoms with E-state index in [-0.39, 0.29) is 11.2 Å². The molecule has 4 rings (SSSR count). The van der Waals surface area contributed by atoms with Gasteiger partial charge in [-0.15, -0.1) is 0 Å². The van der Waals surface area contributed by atoms with Gasteiger partial charge in [0.05, 0.1) is 0 Å². The van der Waals surface area contributed by atoms with Gasteiger partial charge in [-0.3, -0.25) is 13.9 Å². The van der Waals surface area contributed by atoms with E-state index >= 15 is 0 Å². The molecule has 0 N–H and O–H groups in total. The van der Waals surface area contributed by atoms with E-state index in [9.17, 15) is 9.59 Å². The lowest BCUT2D eigenvalue weighted by molar-refractivity contribution is 0.457. The molecular formula is C20H24ClN5O2. The highest BCUT2D eigenvalue weighted by Crippen LogP contribution is 2.33. The van der Waals surface area contributed by atoms with Gasteiger partial charge >= 0.3 is 5.69 Å². The first-order chi connectivity index (χ1) is 13.4. The van der Waals surface area contributed by atoms with Crippen molar-refractivity contribution in [3.63, 3.8) is 0 Å². The summed E-state index contributed by atoms with van der Waals surface area (Å²) in [4.78, 5) is 32.7. The fourth-order valence-electron chi connectivity index (χ4n) is 3.88. The van der Waals surface area contributed by atoms with Crippen LogP contribution in [-0.4, -0.2) is 25.2 Å². The van der Waals surface area contributed by atoms with Crippen molar-refractivity contribution < 1.29 is 0 Å². The number of halogens is 1. The number of fused-ring (bicyclic) bond motifs is 3. The van der Waals surface area contributed by atoms with Crippen LogP contribution in [0.2, 0.25) is 5.02 Å². The largest absolute Gasteiger partial charge is 0.332 e. The number of hydrogen-bond donors (Lipinski definition) is 0. The third kappa shape index (κ3) is 2.94. The second-order valence-electron chi connectivity index (χ2n) is 7.54. The molecule has 0 saturated carbocycles. The molecule has 1 aromatic carbocycles. The van der Waals surface area contributed by atoms with E-state index in [1.165, 1.54) is 9.13 Å². The van der Waals surface area contributed by atoms with Crippen molar-refractivity contribution in [1.29, 1.82) is 0 Å². The smallest absolute Gasteiger partial charge is 0.312 e. The topological polar surface area (TPSA) is 65.1 Å². The first-order valence-corrected chi connectivity index (χ1v) is 10.0. The van der Waals surface area contributed by atoms with Crippen LogP contribution in [0.5, 0.6) is 0 Å². The molecule has 0 amide bonds. The van der Waals surface area contributed by atoms with Crippen LogP contribution >= 0.6 is 11.6 Å². The number of anilines is 2. The van der Waals surface area contributed by atoms with Crippen LogP contribution in [0.3, 0.4) is 0 Å². The molecule has 0 bridgehead atoms. The zero-order valence-electron chi connectivity index (χ0n) is 16.4. The average molecular weight is 402 g/mol. The summed E-state index contributed by atoms with van der Waals surface area (Å²) < 4.78 is 4.77. The van der Waals surface area contributed by atoms with Crippen LogP contribution in [-0.2, 0) is 20.1 Å². The molecule has 0 radical (unpaired) electrons. The lowest BCUT2D eigenvalue weighted by Crippen LogP contribution is -2.40. The average Bonchev–Trinajstić information content (AvgIpc) is 3.05. The molecule has 0 saturated heterocycles. The Morgan fingerprint density at radius 3 is 2.75 bits per heavy atom. The summed E-state index contributed by atoms with van der Waals surface area (Å²) >= 11 is 6.19. The maximum Gasteiger partial charge on any atom is 0.332 e. The highest BCUT2D eigenvalue weighted by atomic mass is 35.5. The zero-order chi connectivity index (χ0) is 20.0. The van der Waals surface area contributed by atoms with E-state index in [4.69, 9.17) is 16.6 Å². The molecule has 2 aromatic heterocycles. The van der Waals surface area contributed by atoms with Crippen molar-refractivity contribution in [2.45, 2.75) is 39.8 Å². The summed E-state index contributed by atoms with van der Waals surface area (Å²) in [5, 5.41) is 0.646. The molecule has 1 atom stereocenters. The molecule has 0 spiro atoms. The van der Waals surface area contributed by atoms with E-state index in [1.807, 2.05) is 35.8 Å². The standard InChI is InChI=1S/C20H24ClN5O2/c1-4-5-9-24-18(27)16-17(23(3)20(24)28)22-19-25(11-13(2)12-26(16)19)15-8-6-7-14(21)10-15/h6-8,10,13H,4-5,9,11-12H2,1-3H3. The van der Waals surface area contributed by atoms with Gasteiger partial charge in [-0.1, -0.05) is 37.9 Å². The van der Waals surface area contributed by atoms with Gasteiger partial charge in [0, 0.05) is 37.4 Å². The lowest BCUT2D eigenvalue weighted by atomic mass is 10.1. The first-order valence-electron chi connectivity index (χ1n) is 9.65. The Labute approximate surface area is 167 Å². The Bertz CT molecular complexity index is 1160. The highest BCUT2D eigenvalue weighted by molar-refractivity contribution is 6.30. The summed E-state index contributed by atoms with van der Waals surface area (Å²) in [6, 6.07) is 7.60. The summed E-state index contributed by atoms with van der Waals surface area (Å²) in [5.74, 6) is 0.986. The zero-order valence-corrected chi connectivity index (χ0v) is 17.1. The second-order valence-corrected chi connectivity index (χ2v) is 7.98. The number of aromatic nitrogens is 4. The quantitative estimate of drug-likeness (QED) is 0.673. The van der Waals surface area contributed by atoms with E-state index in [0.717, 1.165) is 25.1 Å². The number of nitrogens with zero attached hydrogens (tertiary/aromatic N) is 5. The van der Waals surface area contributed by atoms with Crippen molar-refractivity contribution >= 4 is 34.4 Å². The molecule has 1 aliphatic heterocycles. The molecular weight excluding hydrogens is 378 g/mol. The molecule has 0 aliphatic carbocycles. The number of unbranched alkanes of at least 4 members (excludes halogenated alkanes) is 1. The van der Waals surface area contributed by atoms with Crippen LogP contribution < -0.4 is 16.1 Å². The van der Waals surface area contributed by atoms with E-state index in [1.54, 1.807) is 7.05 Å². The molecule has 8 heteroatoms. The van der Waals surface area contributed by atoms with Crippen molar-refractivity contribution in [2.24, 2.45) is 13.0 Å². The number of benzene rings is 1. The van der Waals surface area contributed by atoms with Crippen LogP contribution in [0.4, 0.5) is 11.6 Å². The first kappa shape index (κ1) is 18.8. The Morgan fingerprint density at radius 2 is 2.04 bits per heavy atom. The number of aryl methyl sites for hydroxylation is 1. The maximum atomic E-state index is 13.2. The van der Waals surface area contributed by atoms with E-state index < -0.39 is 0 Å². The fourth-order valence-corrected chi connectivity index (χ4v) is 4.06. The summed E-state index contributed by atoms with van der Waals surface area (Å²) in [6.07, 6.45) is 1.70. The third-order valence-electron chi connectivity index (χ3n) is 5.30. The van der Waals surface area contributed by atoms with E-state index in [2.05, 4.69) is 11.8 Å². The summed E-state index contributed by atoms with van der Waals surface area (Å²) in [5.41, 5.74) is 1.27. The van der Waals surface area contributed by atoms with Gasteiger partial charge in [-0.2, -0.15) is 4.98 Å². The SMILES string of the molecule is CCCCn1c(=O)c2c(nc3n2CC(C)CN3c2cccc(Cl)c2)n(C)c1=O. The predicted molar refractivity (Wildman–Crippen MR) is 112 cm³/mol.